The summed E-state index contributed by atoms with van der Waals surface area (Å²) in [6.07, 6.45) is 10.0. The molecule has 4 fully saturated rings. The van der Waals surface area contributed by atoms with Crippen molar-refractivity contribution in [2.45, 2.75) is 142 Å². The maximum atomic E-state index is 14.1. The Morgan fingerprint density at radius 1 is 0.841 bits per heavy atom. The molecule has 0 aromatic heterocycles. The normalized spacial score (nSPS) is 27.0. The van der Waals surface area contributed by atoms with Crippen molar-refractivity contribution in [1.82, 2.24) is 24.9 Å². The number of likely N-dealkylation sites (N-methyl/N-ethyl adjacent to an activating group) is 2. The number of piperidine rings is 1. The van der Waals surface area contributed by atoms with Gasteiger partial charge in [0.2, 0.25) is 17.7 Å². The van der Waals surface area contributed by atoms with Crippen LogP contribution in [0.5, 0.6) is 0 Å². The van der Waals surface area contributed by atoms with Gasteiger partial charge in [0.15, 0.2) is 0 Å². The fraction of sp³-hybridized carbons (Fsp3) is 0.882. The van der Waals surface area contributed by atoms with Gasteiger partial charge in [-0.2, -0.15) is 0 Å². The first-order valence-electron chi connectivity index (χ1n) is 17.3. The Morgan fingerprint density at radius 2 is 1.45 bits per heavy atom. The van der Waals surface area contributed by atoms with Crippen molar-refractivity contribution in [2.24, 2.45) is 11.3 Å². The fourth-order valence-electron chi connectivity index (χ4n) is 7.72. The van der Waals surface area contributed by atoms with Crippen LogP contribution in [0.4, 0.5) is 0 Å². The zero-order valence-corrected chi connectivity index (χ0v) is 28.5. The largest absolute Gasteiger partial charge is 0.461 e. The third-order valence-corrected chi connectivity index (χ3v) is 10.6. The molecule has 1 N–H and O–H groups in total. The Kier molecular flexibility index (Phi) is 11.8. The van der Waals surface area contributed by atoms with E-state index in [1.807, 2.05) is 39.8 Å². The van der Waals surface area contributed by atoms with E-state index in [0.717, 1.165) is 77.3 Å². The lowest BCUT2D eigenvalue weighted by Crippen LogP contribution is -2.61. The van der Waals surface area contributed by atoms with Crippen LogP contribution in [-0.2, 0) is 23.9 Å². The first-order chi connectivity index (χ1) is 20.8. The number of hydrogen-bond acceptors (Lipinski definition) is 7. The summed E-state index contributed by atoms with van der Waals surface area (Å²) >= 11 is 0. The Balaban J connectivity index is 1.43. The van der Waals surface area contributed by atoms with E-state index in [9.17, 15) is 19.2 Å². The number of ether oxygens (including phenoxy) is 1. The highest BCUT2D eigenvalue weighted by Crippen LogP contribution is 2.30. The van der Waals surface area contributed by atoms with Crippen LogP contribution in [0, 0.1) is 11.3 Å². The molecule has 250 valence electrons. The third kappa shape index (κ3) is 8.14. The summed E-state index contributed by atoms with van der Waals surface area (Å²) in [7, 11) is 3.82. The van der Waals surface area contributed by atoms with Crippen molar-refractivity contribution in [3.63, 3.8) is 0 Å². The second-order valence-electron chi connectivity index (χ2n) is 15.2. The molecule has 10 heteroatoms. The van der Waals surface area contributed by atoms with Crippen molar-refractivity contribution < 1.29 is 23.9 Å². The topological polar surface area (TPSA) is 103 Å². The van der Waals surface area contributed by atoms with Crippen LogP contribution in [0.25, 0.3) is 0 Å². The third-order valence-electron chi connectivity index (χ3n) is 10.6. The van der Waals surface area contributed by atoms with Gasteiger partial charge in [-0.05, 0) is 95.7 Å². The average molecular weight is 618 g/mol. The summed E-state index contributed by atoms with van der Waals surface area (Å²) in [5.41, 5.74) is -0.472. The number of likely N-dealkylation sites (tertiary alicyclic amines) is 3. The van der Waals surface area contributed by atoms with Crippen LogP contribution in [0.2, 0.25) is 0 Å². The van der Waals surface area contributed by atoms with Gasteiger partial charge in [-0.25, -0.2) is 4.79 Å². The van der Waals surface area contributed by atoms with Crippen LogP contribution < -0.4 is 5.32 Å². The predicted octanol–water partition coefficient (Wildman–Crippen LogP) is 3.43. The molecular formula is C34H59N5O5. The Bertz CT molecular complexity index is 1020. The summed E-state index contributed by atoms with van der Waals surface area (Å²) in [5.74, 6) is -0.262. The van der Waals surface area contributed by atoms with Crippen LogP contribution in [0.3, 0.4) is 0 Å². The Hall–Kier alpha value is -2.20. The number of hydrogen-bond donors (Lipinski definition) is 1. The molecule has 5 atom stereocenters. The highest BCUT2D eigenvalue weighted by atomic mass is 16.5. The average Bonchev–Trinajstić information content (AvgIpc) is 3.75. The Morgan fingerprint density at radius 3 is 2.09 bits per heavy atom. The summed E-state index contributed by atoms with van der Waals surface area (Å²) in [4.78, 5) is 62.4. The first-order valence-corrected chi connectivity index (χ1v) is 17.3. The molecule has 0 aromatic rings. The maximum Gasteiger partial charge on any atom is 0.329 e. The molecule has 1 saturated carbocycles. The minimum absolute atomic E-state index is 0.00631. The van der Waals surface area contributed by atoms with Crippen LogP contribution in [0.15, 0.2) is 0 Å². The second-order valence-corrected chi connectivity index (χ2v) is 15.2. The predicted molar refractivity (Wildman–Crippen MR) is 171 cm³/mol. The molecule has 3 saturated heterocycles. The number of rotatable bonds is 10. The van der Waals surface area contributed by atoms with Crippen molar-refractivity contribution in [3.05, 3.63) is 0 Å². The molecule has 10 nitrogen and oxygen atoms in total. The van der Waals surface area contributed by atoms with Gasteiger partial charge < -0.3 is 19.9 Å². The van der Waals surface area contributed by atoms with Gasteiger partial charge in [0, 0.05) is 26.2 Å². The summed E-state index contributed by atoms with van der Waals surface area (Å²) in [6, 6.07) is -1.82. The van der Waals surface area contributed by atoms with Gasteiger partial charge in [-0.1, -0.05) is 41.0 Å². The second kappa shape index (κ2) is 14.9. The van der Waals surface area contributed by atoms with Crippen LogP contribution in [-0.4, -0.2) is 120 Å². The summed E-state index contributed by atoms with van der Waals surface area (Å²) < 4.78 is 5.82. The molecule has 3 aliphatic heterocycles. The number of carbonyl (C=O) groups is 4. The van der Waals surface area contributed by atoms with E-state index in [4.69, 9.17) is 4.74 Å². The molecule has 4 aliphatic rings. The molecule has 4 rings (SSSR count). The summed E-state index contributed by atoms with van der Waals surface area (Å²) in [5, 5.41) is 3.14. The zero-order valence-electron chi connectivity index (χ0n) is 28.5. The molecule has 0 bridgehead atoms. The van der Waals surface area contributed by atoms with Crippen molar-refractivity contribution in [1.29, 1.82) is 0 Å². The smallest absolute Gasteiger partial charge is 0.329 e. The monoisotopic (exact) mass is 617 g/mol. The van der Waals surface area contributed by atoms with Crippen LogP contribution >= 0.6 is 0 Å². The summed E-state index contributed by atoms with van der Waals surface area (Å²) in [6.45, 7) is 13.0. The molecule has 0 radical (unpaired) electrons. The molecule has 1 aliphatic carbocycles. The van der Waals surface area contributed by atoms with Gasteiger partial charge in [0.1, 0.15) is 18.2 Å². The van der Waals surface area contributed by atoms with E-state index in [2.05, 4.69) is 29.0 Å². The van der Waals surface area contributed by atoms with E-state index in [0.29, 0.717) is 19.5 Å². The number of carbonyl (C=O) groups excluding carboxylic acids is 4. The maximum absolute atomic E-state index is 14.1. The number of amides is 3. The van der Waals surface area contributed by atoms with Gasteiger partial charge in [-0.15, -0.1) is 0 Å². The van der Waals surface area contributed by atoms with Crippen molar-refractivity contribution in [3.8, 4) is 0 Å². The minimum atomic E-state index is -0.663. The molecule has 3 amide bonds. The molecular weight excluding hydrogens is 558 g/mol. The van der Waals surface area contributed by atoms with Gasteiger partial charge in [-0.3, -0.25) is 24.2 Å². The minimum Gasteiger partial charge on any atom is -0.461 e. The van der Waals surface area contributed by atoms with E-state index in [1.165, 1.54) is 0 Å². The van der Waals surface area contributed by atoms with Gasteiger partial charge in [0.25, 0.3) is 0 Å². The quantitative estimate of drug-likeness (QED) is 0.375. The lowest BCUT2D eigenvalue weighted by atomic mass is 9.84. The standard InChI is InChI=1S/C34H59N5O5/c1-23(2)28(37(7)32(42)29(34(3,4)5)35-30(40)25-16-10-11-19-36(25)6)22-38-20-12-17-26(38)31(41)39-21-13-18-27(39)33(43)44-24-14-8-9-15-24/h23-29H,8-22H2,1-7H3,(H,35,40)/t25?,26?,27-,28+,29+/m0/s1. The van der Waals surface area contributed by atoms with Crippen LogP contribution in [0.1, 0.15) is 105 Å². The van der Waals surface area contributed by atoms with Gasteiger partial charge >= 0.3 is 5.97 Å². The van der Waals surface area contributed by atoms with E-state index < -0.39 is 17.5 Å². The number of nitrogens with zero attached hydrogens (tertiary/aromatic N) is 4. The fourth-order valence-corrected chi connectivity index (χ4v) is 7.72. The molecule has 0 aromatic carbocycles. The molecule has 2 unspecified atom stereocenters. The Labute approximate surface area is 265 Å². The molecule has 0 spiro atoms. The number of nitrogens with one attached hydrogen (secondary N) is 1. The van der Waals surface area contributed by atoms with Crippen molar-refractivity contribution in [2.75, 3.05) is 40.3 Å². The molecule has 44 heavy (non-hydrogen) atoms. The van der Waals surface area contributed by atoms with Gasteiger partial charge in [0.05, 0.1) is 12.1 Å². The lowest BCUT2D eigenvalue weighted by Gasteiger charge is -2.41. The highest BCUT2D eigenvalue weighted by Gasteiger charge is 2.44. The lowest BCUT2D eigenvalue weighted by molar-refractivity contribution is -0.159. The van der Waals surface area contributed by atoms with E-state index in [1.54, 1.807) is 4.90 Å². The highest BCUT2D eigenvalue weighted by molar-refractivity contribution is 5.91. The SMILES string of the molecule is CC(C)[C@@H](CN1CCCC1C(=O)N1CCC[C@H]1C(=O)OC1CCCC1)N(C)C(=O)[C@@H](NC(=O)C1CCCCN1C)C(C)(C)C. The first kappa shape index (κ1) is 34.7. The van der Waals surface area contributed by atoms with Crippen molar-refractivity contribution >= 4 is 23.7 Å². The molecule has 3 heterocycles. The zero-order chi connectivity index (χ0) is 32.2. The van der Waals surface area contributed by atoms with E-state index in [-0.39, 0.29) is 53.8 Å². The number of esters is 1. The van der Waals surface area contributed by atoms with E-state index >= 15 is 0 Å².